The van der Waals surface area contributed by atoms with Crippen LogP contribution in [0.3, 0.4) is 0 Å². The monoisotopic (exact) mass is 263 g/mol. The lowest BCUT2D eigenvalue weighted by atomic mass is 10.2. The van der Waals surface area contributed by atoms with Crippen LogP contribution < -0.4 is 4.74 Å². The number of aryl methyl sites for hydroxylation is 1. The summed E-state index contributed by atoms with van der Waals surface area (Å²) in [5.74, 6) is 1.21. The second kappa shape index (κ2) is 5.38. The molecule has 94 valence electrons. The molecule has 18 heavy (non-hydrogen) atoms. The highest BCUT2D eigenvalue weighted by molar-refractivity contribution is 6.30. The molecule has 0 spiro atoms. The van der Waals surface area contributed by atoms with Crippen molar-refractivity contribution in [3.8, 4) is 11.6 Å². The Morgan fingerprint density at radius 3 is 2.61 bits per heavy atom. The predicted octanol–water partition coefficient (Wildman–Crippen LogP) is 3.89. The molecule has 1 heterocycles. The molecular weight excluding hydrogens is 250 g/mol. The van der Waals surface area contributed by atoms with Gasteiger partial charge in [-0.3, -0.25) is 0 Å². The summed E-state index contributed by atoms with van der Waals surface area (Å²) in [6.07, 6.45) is 1.08. The molecule has 0 radical (unpaired) electrons. The van der Waals surface area contributed by atoms with Gasteiger partial charge in [0.1, 0.15) is 5.75 Å². The molecule has 3 nitrogen and oxygen atoms in total. The van der Waals surface area contributed by atoms with Crippen LogP contribution in [0, 0.1) is 6.92 Å². The molecule has 0 saturated carbocycles. The topological polar surface area (TPSA) is 42.4 Å². The van der Waals surface area contributed by atoms with Crippen molar-refractivity contribution in [3.63, 3.8) is 0 Å². The standard InChI is InChI=1S/C14H14ClNO2/c1-9-7-12(15)4-5-13(9)18-14-6-3-11(8-16-14)10(2)17/h3-8,10,17H,1-2H3. The average molecular weight is 264 g/mol. The van der Waals surface area contributed by atoms with Crippen LogP contribution in [0.4, 0.5) is 0 Å². The normalized spacial score (nSPS) is 12.2. The van der Waals surface area contributed by atoms with Gasteiger partial charge in [0.25, 0.3) is 0 Å². The van der Waals surface area contributed by atoms with E-state index in [1.807, 2.05) is 19.1 Å². The zero-order valence-corrected chi connectivity index (χ0v) is 11.0. The number of pyridine rings is 1. The molecule has 1 N–H and O–H groups in total. The summed E-state index contributed by atoms with van der Waals surface area (Å²) in [6, 6.07) is 8.94. The van der Waals surface area contributed by atoms with Crippen molar-refractivity contribution in [3.05, 3.63) is 52.7 Å². The van der Waals surface area contributed by atoms with E-state index in [2.05, 4.69) is 4.98 Å². The third kappa shape index (κ3) is 3.00. The SMILES string of the molecule is Cc1cc(Cl)ccc1Oc1ccc(C(C)O)cn1. The predicted molar refractivity (Wildman–Crippen MR) is 71.1 cm³/mol. The number of ether oxygens (including phenoxy) is 1. The molecular formula is C14H14ClNO2. The van der Waals surface area contributed by atoms with E-state index in [4.69, 9.17) is 16.3 Å². The van der Waals surface area contributed by atoms with Gasteiger partial charge < -0.3 is 9.84 Å². The van der Waals surface area contributed by atoms with Crippen LogP contribution in [0.1, 0.15) is 24.2 Å². The van der Waals surface area contributed by atoms with Gasteiger partial charge in [0.05, 0.1) is 6.10 Å². The molecule has 0 saturated heterocycles. The fraction of sp³-hybridized carbons (Fsp3) is 0.214. The second-order valence-corrected chi connectivity index (χ2v) is 4.55. The molecule has 0 bridgehead atoms. The maximum Gasteiger partial charge on any atom is 0.219 e. The van der Waals surface area contributed by atoms with E-state index in [1.54, 1.807) is 31.3 Å². The zero-order chi connectivity index (χ0) is 13.1. The quantitative estimate of drug-likeness (QED) is 0.914. The molecule has 2 rings (SSSR count). The average Bonchev–Trinajstić information content (AvgIpc) is 2.33. The highest BCUT2D eigenvalue weighted by atomic mass is 35.5. The van der Waals surface area contributed by atoms with Gasteiger partial charge in [0, 0.05) is 17.3 Å². The summed E-state index contributed by atoms with van der Waals surface area (Å²) in [6.45, 7) is 3.62. The van der Waals surface area contributed by atoms with Crippen LogP contribution in [0.25, 0.3) is 0 Å². The lowest BCUT2D eigenvalue weighted by Gasteiger charge is -2.09. The Morgan fingerprint density at radius 2 is 2.06 bits per heavy atom. The fourth-order valence-electron chi connectivity index (χ4n) is 1.54. The minimum absolute atomic E-state index is 0.491. The first kappa shape index (κ1) is 12.9. The van der Waals surface area contributed by atoms with Gasteiger partial charge in [-0.15, -0.1) is 0 Å². The van der Waals surface area contributed by atoms with E-state index >= 15 is 0 Å². The Morgan fingerprint density at radius 1 is 1.28 bits per heavy atom. The number of aromatic nitrogens is 1. The van der Waals surface area contributed by atoms with Gasteiger partial charge in [0.15, 0.2) is 0 Å². The lowest BCUT2D eigenvalue weighted by Crippen LogP contribution is -1.94. The van der Waals surface area contributed by atoms with Crippen LogP contribution in [0.2, 0.25) is 5.02 Å². The van der Waals surface area contributed by atoms with Crippen molar-refractivity contribution in [1.29, 1.82) is 0 Å². The highest BCUT2D eigenvalue weighted by Crippen LogP contribution is 2.26. The number of nitrogens with zero attached hydrogens (tertiary/aromatic N) is 1. The summed E-state index contributed by atoms with van der Waals surface area (Å²) < 4.78 is 5.65. The zero-order valence-electron chi connectivity index (χ0n) is 10.2. The summed E-state index contributed by atoms with van der Waals surface area (Å²) in [5, 5.41) is 10.1. The molecule has 1 atom stereocenters. The third-order valence-corrected chi connectivity index (χ3v) is 2.83. The second-order valence-electron chi connectivity index (χ2n) is 4.12. The first-order chi connectivity index (χ1) is 8.56. The molecule has 0 fully saturated rings. The van der Waals surface area contributed by atoms with E-state index in [9.17, 15) is 5.11 Å². The minimum atomic E-state index is -0.524. The van der Waals surface area contributed by atoms with E-state index < -0.39 is 6.10 Å². The summed E-state index contributed by atoms with van der Waals surface area (Å²) in [5.41, 5.74) is 1.71. The van der Waals surface area contributed by atoms with Crippen LogP contribution in [0.15, 0.2) is 36.5 Å². The molecule has 0 aliphatic rings. The van der Waals surface area contributed by atoms with Gasteiger partial charge in [0.2, 0.25) is 5.88 Å². The number of aliphatic hydroxyl groups excluding tert-OH is 1. The Bertz CT molecular complexity index is 538. The van der Waals surface area contributed by atoms with Gasteiger partial charge in [-0.05, 0) is 49.2 Å². The van der Waals surface area contributed by atoms with Crippen LogP contribution >= 0.6 is 11.6 Å². The van der Waals surface area contributed by atoms with E-state index in [0.717, 1.165) is 16.9 Å². The first-order valence-electron chi connectivity index (χ1n) is 5.64. The Balaban J connectivity index is 2.18. The number of rotatable bonds is 3. The number of halogens is 1. The maximum atomic E-state index is 9.38. The minimum Gasteiger partial charge on any atom is -0.439 e. The van der Waals surface area contributed by atoms with Crippen molar-refractivity contribution in [1.82, 2.24) is 4.98 Å². The number of benzene rings is 1. The maximum absolute atomic E-state index is 9.38. The Labute approximate surface area is 111 Å². The molecule has 0 amide bonds. The highest BCUT2D eigenvalue weighted by Gasteiger charge is 2.05. The van der Waals surface area contributed by atoms with Crippen LogP contribution in [0.5, 0.6) is 11.6 Å². The Hall–Kier alpha value is -1.58. The molecule has 0 aliphatic heterocycles. The molecule has 0 aliphatic carbocycles. The van der Waals surface area contributed by atoms with Crippen LogP contribution in [-0.2, 0) is 0 Å². The summed E-state index contributed by atoms with van der Waals surface area (Å²) >= 11 is 5.88. The van der Waals surface area contributed by atoms with E-state index in [-0.39, 0.29) is 0 Å². The van der Waals surface area contributed by atoms with E-state index in [1.165, 1.54) is 0 Å². The van der Waals surface area contributed by atoms with Crippen molar-refractivity contribution >= 4 is 11.6 Å². The van der Waals surface area contributed by atoms with Crippen molar-refractivity contribution in [2.24, 2.45) is 0 Å². The third-order valence-electron chi connectivity index (χ3n) is 2.59. The van der Waals surface area contributed by atoms with Crippen molar-refractivity contribution in [2.45, 2.75) is 20.0 Å². The molecule has 1 aromatic heterocycles. The largest absolute Gasteiger partial charge is 0.439 e. The van der Waals surface area contributed by atoms with Crippen molar-refractivity contribution in [2.75, 3.05) is 0 Å². The van der Waals surface area contributed by atoms with Gasteiger partial charge >= 0.3 is 0 Å². The first-order valence-corrected chi connectivity index (χ1v) is 6.02. The van der Waals surface area contributed by atoms with Crippen molar-refractivity contribution < 1.29 is 9.84 Å². The molecule has 4 heteroatoms. The smallest absolute Gasteiger partial charge is 0.219 e. The molecule has 1 unspecified atom stereocenters. The summed E-state index contributed by atoms with van der Waals surface area (Å²) in [7, 11) is 0. The molecule has 1 aromatic carbocycles. The lowest BCUT2D eigenvalue weighted by molar-refractivity contribution is 0.198. The fourth-order valence-corrected chi connectivity index (χ4v) is 1.77. The van der Waals surface area contributed by atoms with Gasteiger partial charge in [-0.1, -0.05) is 11.6 Å². The number of hydrogen-bond donors (Lipinski definition) is 1. The Kier molecular flexibility index (Phi) is 3.84. The van der Waals surface area contributed by atoms with Gasteiger partial charge in [-0.2, -0.15) is 0 Å². The summed E-state index contributed by atoms with van der Waals surface area (Å²) in [4.78, 5) is 4.14. The van der Waals surface area contributed by atoms with E-state index in [0.29, 0.717) is 10.9 Å². The number of hydrogen-bond acceptors (Lipinski definition) is 3. The number of aliphatic hydroxyl groups is 1. The van der Waals surface area contributed by atoms with Crippen LogP contribution in [-0.4, -0.2) is 10.1 Å². The molecule has 2 aromatic rings. The van der Waals surface area contributed by atoms with Gasteiger partial charge in [-0.25, -0.2) is 4.98 Å².